The van der Waals surface area contributed by atoms with E-state index >= 15 is 0 Å². The van der Waals surface area contributed by atoms with Crippen molar-refractivity contribution in [3.8, 4) is 0 Å². The van der Waals surface area contributed by atoms with Crippen LogP contribution in [0.1, 0.15) is 26.7 Å². The van der Waals surface area contributed by atoms with Crippen LogP contribution in [0.4, 0.5) is 0 Å². The minimum absolute atomic E-state index is 0.0529. The van der Waals surface area contributed by atoms with Crippen LogP contribution in [-0.2, 0) is 9.59 Å². The molecule has 1 atom stereocenters. The minimum Gasteiger partial charge on any atom is -0.329 e. The van der Waals surface area contributed by atoms with Gasteiger partial charge in [-0.3, -0.25) is 9.59 Å². The number of nitrogens with zero attached hydrogens (tertiary/aromatic N) is 1. The molecule has 0 aromatic rings. The quantitative estimate of drug-likeness (QED) is 0.519. The summed E-state index contributed by atoms with van der Waals surface area (Å²) < 4.78 is 0. The van der Waals surface area contributed by atoms with E-state index in [1.165, 1.54) is 0 Å². The lowest BCUT2D eigenvalue weighted by atomic mass is 10.0. The summed E-state index contributed by atoms with van der Waals surface area (Å²) in [7, 11) is 0. The molecule has 1 aliphatic heterocycles. The Kier molecular flexibility index (Phi) is 3.83. The van der Waals surface area contributed by atoms with Crippen LogP contribution in [0.5, 0.6) is 0 Å². The van der Waals surface area contributed by atoms with E-state index in [1.807, 2.05) is 6.92 Å². The maximum absolute atomic E-state index is 11.9. The average molecular weight is 207 g/mol. The molecule has 3 nitrogen and oxygen atoms in total. The van der Waals surface area contributed by atoms with Crippen molar-refractivity contribution in [1.82, 2.24) is 4.90 Å². The van der Waals surface area contributed by atoms with Crippen molar-refractivity contribution in [3.05, 3.63) is 24.3 Å². The molecule has 0 aliphatic carbocycles. The molecule has 0 radical (unpaired) electrons. The molecular formula is C12H17NO2. The lowest BCUT2D eigenvalue weighted by Crippen LogP contribution is -2.39. The zero-order valence-electron chi connectivity index (χ0n) is 9.32. The molecule has 1 heterocycles. The zero-order chi connectivity index (χ0) is 11.4. The van der Waals surface area contributed by atoms with E-state index < -0.39 is 0 Å². The van der Waals surface area contributed by atoms with Crippen LogP contribution in [0.3, 0.4) is 0 Å². The number of Topliss-reactive ketones (excluding diaryl/α,β-unsaturated/α-hetero) is 1. The van der Waals surface area contributed by atoms with Gasteiger partial charge in [-0.1, -0.05) is 12.2 Å². The number of allylic oxidation sites excluding steroid dienone is 1. The van der Waals surface area contributed by atoms with Gasteiger partial charge in [-0.2, -0.15) is 0 Å². The van der Waals surface area contributed by atoms with Crippen LogP contribution in [0.2, 0.25) is 0 Å². The van der Waals surface area contributed by atoms with Crippen molar-refractivity contribution in [1.29, 1.82) is 0 Å². The fourth-order valence-electron chi connectivity index (χ4n) is 1.78. The molecule has 82 valence electrons. The third-order valence-corrected chi connectivity index (χ3v) is 2.78. The summed E-state index contributed by atoms with van der Waals surface area (Å²) >= 11 is 0. The first-order chi connectivity index (χ1) is 7.11. The Balaban J connectivity index is 2.81. The summed E-state index contributed by atoms with van der Waals surface area (Å²) in [6, 6.07) is -0.272. The number of rotatable bonds is 4. The molecule has 0 bridgehead atoms. The van der Waals surface area contributed by atoms with Gasteiger partial charge in [0, 0.05) is 13.0 Å². The highest BCUT2D eigenvalue weighted by atomic mass is 16.2. The van der Waals surface area contributed by atoms with Crippen LogP contribution in [0.25, 0.3) is 0 Å². The Labute approximate surface area is 90.5 Å². The van der Waals surface area contributed by atoms with Gasteiger partial charge in [-0.15, -0.1) is 6.58 Å². The van der Waals surface area contributed by atoms with E-state index in [9.17, 15) is 9.59 Å². The largest absolute Gasteiger partial charge is 0.329 e. The van der Waals surface area contributed by atoms with E-state index in [1.54, 1.807) is 24.0 Å². The molecule has 1 rings (SSSR count). The molecular weight excluding hydrogens is 190 g/mol. The van der Waals surface area contributed by atoms with Gasteiger partial charge in [0.05, 0.1) is 6.04 Å². The first-order valence-corrected chi connectivity index (χ1v) is 5.19. The van der Waals surface area contributed by atoms with Gasteiger partial charge in [0.1, 0.15) is 0 Å². The van der Waals surface area contributed by atoms with Gasteiger partial charge in [-0.05, 0) is 25.8 Å². The molecule has 15 heavy (non-hydrogen) atoms. The van der Waals surface area contributed by atoms with Gasteiger partial charge in [0.15, 0.2) is 5.78 Å². The minimum atomic E-state index is -0.272. The number of carbonyl (C=O) groups excluding carboxylic acids is 2. The smallest absolute Gasteiger partial charge is 0.223 e. The van der Waals surface area contributed by atoms with Crippen LogP contribution < -0.4 is 0 Å². The average Bonchev–Trinajstić information content (AvgIpc) is 2.59. The van der Waals surface area contributed by atoms with Gasteiger partial charge < -0.3 is 4.90 Å². The third-order valence-electron chi connectivity index (χ3n) is 2.78. The Morgan fingerprint density at radius 2 is 2.33 bits per heavy atom. The van der Waals surface area contributed by atoms with Crippen molar-refractivity contribution < 1.29 is 9.59 Å². The standard InChI is InChI=1S/C12H17NO2/c1-4-8-13-10(6-7-11(13)14)12(15)9(3)5-2/h4-5,10H,1,6-8H2,2-3H3. The summed E-state index contributed by atoms with van der Waals surface area (Å²) in [5.41, 5.74) is 0.726. The van der Waals surface area contributed by atoms with Gasteiger partial charge in [0.2, 0.25) is 5.91 Å². The number of likely N-dealkylation sites (tertiary alicyclic amines) is 1. The van der Waals surface area contributed by atoms with E-state index in [0.717, 1.165) is 5.57 Å². The monoisotopic (exact) mass is 207 g/mol. The molecule has 0 saturated carbocycles. The normalized spacial score (nSPS) is 22.0. The molecule has 1 saturated heterocycles. The number of amides is 1. The van der Waals surface area contributed by atoms with Crippen molar-refractivity contribution in [3.63, 3.8) is 0 Å². The van der Waals surface area contributed by atoms with E-state index in [4.69, 9.17) is 0 Å². The summed E-state index contributed by atoms with van der Waals surface area (Å²) in [5, 5.41) is 0. The molecule has 0 spiro atoms. The molecule has 1 aliphatic rings. The van der Waals surface area contributed by atoms with Gasteiger partial charge >= 0.3 is 0 Å². The lowest BCUT2D eigenvalue weighted by Gasteiger charge is -2.22. The number of ketones is 1. The van der Waals surface area contributed by atoms with Crippen molar-refractivity contribution in [2.24, 2.45) is 0 Å². The number of carbonyl (C=O) groups is 2. The molecule has 3 heteroatoms. The molecule has 0 aromatic carbocycles. The third kappa shape index (κ3) is 2.35. The highest BCUT2D eigenvalue weighted by Crippen LogP contribution is 2.21. The Morgan fingerprint density at radius 3 is 2.87 bits per heavy atom. The summed E-state index contributed by atoms with van der Waals surface area (Å²) in [5.74, 6) is 0.113. The molecule has 1 fully saturated rings. The van der Waals surface area contributed by atoms with Gasteiger partial charge in [0.25, 0.3) is 0 Å². The SMILES string of the molecule is C=CCN1C(=O)CCC1C(=O)C(C)=CC. The maximum atomic E-state index is 11.9. The Morgan fingerprint density at radius 1 is 1.67 bits per heavy atom. The predicted molar refractivity (Wildman–Crippen MR) is 59.4 cm³/mol. The fraction of sp³-hybridized carbons (Fsp3) is 0.500. The van der Waals surface area contributed by atoms with Crippen molar-refractivity contribution in [2.45, 2.75) is 32.7 Å². The van der Waals surface area contributed by atoms with Crippen LogP contribution in [0, 0.1) is 0 Å². The fourth-order valence-corrected chi connectivity index (χ4v) is 1.78. The predicted octanol–water partition coefficient (Wildman–Crippen LogP) is 1.70. The zero-order valence-corrected chi connectivity index (χ0v) is 9.32. The number of hydrogen-bond acceptors (Lipinski definition) is 2. The highest BCUT2D eigenvalue weighted by Gasteiger charge is 2.35. The van der Waals surface area contributed by atoms with E-state index in [-0.39, 0.29) is 17.7 Å². The van der Waals surface area contributed by atoms with Crippen molar-refractivity contribution in [2.75, 3.05) is 6.54 Å². The second-order valence-corrected chi connectivity index (χ2v) is 3.73. The first-order valence-electron chi connectivity index (χ1n) is 5.19. The lowest BCUT2D eigenvalue weighted by molar-refractivity contribution is -0.132. The second-order valence-electron chi connectivity index (χ2n) is 3.73. The Hall–Kier alpha value is -1.38. The van der Waals surface area contributed by atoms with E-state index in [0.29, 0.717) is 19.4 Å². The Bertz CT molecular complexity index is 318. The molecule has 1 amide bonds. The summed E-state index contributed by atoms with van der Waals surface area (Å²) in [6.45, 7) is 7.69. The first kappa shape index (κ1) is 11.7. The van der Waals surface area contributed by atoms with Gasteiger partial charge in [-0.25, -0.2) is 0 Å². The van der Waals surface area contributed by atoms with Crippen molar-refractivity contribution >= 4 is 11.7 Å². The summed E-state index contributed by atoms with van der Waals surface area (Å²) in [4.78, 5) is 25.0. The van der Waals surface area contributed by atoms with E-state index in [2.05, 4.69) is 6.58 Å². The topological polar surface area (TPSA) is 37.4 Å². The maximum Gasteiger partial charge on any atom is 0.223 e. The molecule has 0 N–H and O–H groups in total. The summed E-state index contributed by atoms with van der Waals surface area (Å²) in [6.07, 6.45) is 4.56. The van der Waals surface area contributed by atoms with Crippen LogP contribution in [-0.4, -0.2) is 29.2 Å². The molecule has 1 unspecified atom stereocenters. The second kappa shape index (κ2) is 4.91. The molecule has 0 aromatic heterocycles. The number of hydrogen-bond donors (Lipinski definition) is 0. The highest BCUT2D eigenvalue weighted by molar-refractivity contribution is 6.02. The van der Waals surface area contributed by atoms with Crippen LogP contribution >= 0.6 is 0 Å². The van der Waals surface area contributed by atoms with Crippen LogP contribution in [0.15, 0.2) is 24.3 Å².